The Morgan fingerprint density at radius 1 is 1.16 bits per heavy atom. The third kappa shape index (κ3) is 5.40. The lowest BCUT2D eigenvalue weighted by Gasteiger charge is -2.18. The van der Waals surface area contributed by atoms with E-state index in [9.17, 15) is 9.59 Å². The van der Waals surface area contributed by atoms with E-state index in [1.807, 2.05) is 24.3 Å². The molecule has 1 aliphatic rings. The van der Waals surface area contributed by atoms with Gasteiger partial charge in [-0.25, -0.2) is 4.98 Å². The van der Waals surface area contributed by atoms with Crippen molar-refractivity contribution in [3.63, 3.8) is 0 Å². The molecular weight excluding hydrogens is 434 g/mol. The predicted octanol–water partition coefficient (Wildman–Crippen LogP) is 4.45. The highest BCUT2D eigenvalue weighted by atomic mass is 35.5. The van der Waals surface area contributed by atoms with Gasteiger partial charge in [-0.15, -0.1) is 0 Å². The molecule has 4 rings (SSSR count). The normalized spacial score (nSPS) is 14.1. The summed E-state index contributed by atoms with van der Waals surface area (Å²) in [5.74, 6) is 0.775. The number of halogens is 1. The van der Waals surface area contributed by atoms with Crippen LogP contribution in [0.2, 0.25) is 5.02 Å². The van der Waals surface area contributed by atoms with Crippen molar-refractivity contribution in [3.05, 3.63) is 63.9 Å². The van der Waals surface area contributed by atoms with Gasteiger partial charge >= 0.3 is 0 Å². The number of aromatic nitrogens is 2. The molecule has 0 saturated heterocycles. The summed E-state index contributed by atoms with van der Waals surface area (Å²) in [6.07, 6.45) is 4.17. The van der Waals surface area contributed by atoms with Crippen molar-refractivity contribution in [1.29, 1.82) is 0 Å². The van der Waals surface area contributed by atoms with E-state index in [1.54, 1.807) is 28.8 Å². The number of hydrogen-bond donors (Lipinski definition) is 1. The molecule has 0 aliphatic heterocycles. The fourth-order valence-corrected chi connectivity index (χ4v) is 4.81. The lowest BCUT2D eigenvalue weighted by atomic mass is 10.2. The van der Waals surface area contributed by atoms with Crippen LogP contribution in [-0.4, -0.2) is 34.4 Å². The van der Waals surface area contributed by atoms with Crippen LogP contribution in [0.1, 0.15) is 31.7 Å². The molecule has 2 aromatic carbocycles. The van der Waals surface area contributed by atoms with Gasteiger partial charge in [0.25, 0.3) is 5.56 Å². The molecule has 0 unspecified atom stereocenters. The van der Waals surface area contributed by atoms with E-state index in [-0.39, 0.29) is 23.3 Å². The molecule has 0 spiro atoms. The molecule has 1 aliphatic carbocycles. The SMILES string of the molecule is O=C(CSc1nc2ccccc2c(=O)n1C1CCCC1)NCCOc1ccc(Cl)cc1. The first-order valence-electron chi connectivity index (χ1n) is 10.4. The first-order valence-corrected chi connectivity index (χ1v) is 11.8. The first-order chi connectivity index (χ1) is 15.1. The molecule has 8 heteroatoms. The predicted molar refractivity (Wildman–Crippen MR) is 124 cm³/mol. The molecule has 1 amide bonds. The van der Waals surface area contributed by atoms with E-state index in [1.165, 1.54) is 11.8 Å². The van der Waals surface area contributed by atoms with Gasteiger partial charge in [0.05, 0.1) is 23.2 Å². The quantitative estimate of drug-likeness (QED) is 0.307. The second-order valence-electron chi connectivity index (χ2n) is 7.47. The van der Waals surface area contributed by atoms with Gasteiger partial charge in [0.1, 0.15) is 12.4 Å². The van der Waals surface area contributed by atoms with Crippen molar-refractivity contribution in [2.75, 3.05) is 18.9 Å². The van der Waals surface area contributed by atoms with Gasteiger partial charge in [0, 0.05) is 11.1 Å². The number of hydrogen-bond acceptors (Lipinski definition) is 5. The number of nitrogens with one attached hydrogen (secondary N) is 1. The molecule has 31 heavy (non-hydrogen) atoms. The Labute approximate surface area is 190 Å². The molecule has 1 fully saturated rings. The van der Waals surface area contributed by atoms with Crippen molar-refractivity contribution >= 4 is 40.2 Å². The van der Waals surface area contributed by atoms with Gasteiger partial charge < -0.3 is 10.1 Å². The number of thioether (sulfide) groups is 1. The molecule has 1 N–H and O–H groups in total. The maximum Gasteiger partial charge on any atom is 0.262 e. The number of ether oxygens (including phenoxy) is 1. The Hall–Kier alpha value is -2.51. The zero-order chi connectivity index (χ0) is 21.6. The Bertz CT molecular complexity index is 1110. The lowest BCUT2D eigenvalue weighted by molar-refractivity contribution is -0.118. The van der Waals surface area contributed by atoms with Crippen molar-refractivity contribution in [3.8, 4) is 5.75 Å². The molecule has 0 atom stereocenters. The Kier molecular flexibility index (Phi) is 7.14. The van der Waals surface area contributed by atoms with Gasteiger partial charge in [-0.05, 0) is 49.2 Å². The average Bonchev–Trinajstić information content (AvgIpc) is 3.31. The number of nitrogens with zero attached hydrogens (tertiary/aromatic N) is 2. The highest BCUT2D eigenvalue weighted by Gasteiger charge is 2.23. The summed E-state index contributed by atoms with van der Waals surface area (Å²) in [5, 5.41) is 4.74. The molecule has 1 heterocycles. The molecule has 3 aromatic rings. The Balaban J connectivity index is 1.37. The Morgan fingerprint density at radius 2 is 1.90 bits per heavy atom. The summed E-state index contributed by atoms with van der Waals surface area (Å²) in [5.41, 5.74) is 0.651. The maximum atomic E-state index is 13.1. The standard InChI is InChI=1S/C23H24ClN3O3S/c24-16-9-11-18(12-10-16)30-14-13-25-21(28)15-31-23-26-20-8-4-3-7-19(20)22(29)27(23)17-5-1-2-6-17/h3-4,7-12,17H,1-2,5-6,13-15H2,(H,25,28). The van der Waals surface area contributed by atoms with E-state index < -0.39 is 0 Å². The number of carbonyl (C=O) groups excluding carboxylic acids is 1. The van der Waals surface area contributed by atoms with Crippen molar-refractivity contribution in [2.45, 2.75) is 36.9 Å². The van der Waals surface area contributed by atoms with Gasteiger partial charge in [0.2, 0.25) is 5.91 Å². The highest BCUT2D eigenvalue weighted by Crippen LogP contribution is 2.32. The first kappa shape index (κ1) is 21.7. The minimum absolute atomic E-state index is 0.0169. The molecule has 0 bridgehead atoms. The van der Waals surface area contributed by atoms with Gasteiger partial charge in [0.15, 0.2) is 5.16 Å². The number of rotatable bonds is 8. The van der Waals surface area contributed by atoms with Gasteiger partial charge in [-0.3, -0.25) is 14.2 Å². The maximum absolute atomic E-state index is 13.1. The van der Waals surface area contributed by atoms with Crippen molar-refractivity contribution in [1.82, 2.24) is 14.9 Å². The van der Waals surface area contributed by atoms with Gasteiger partial charge in [-0.2, -0.15) is 0 Å². The number of fused-ring (bicyclic) bond motifs is 1. The zero-order valence-corrected chi connectivity index (χ0v) is 18.6. The van der Waals surface area contributed by atoms with Crippen LogP contribution >= 0.6 is 23.4 Å². The van der Waals surface area contributed by atoms with E-state index >= 15 is 0 Å². The summed E-state index contributed by atoms with van der Waals surface area (Å²) in [6.45, 7) is 0.752. The van der Waals surface area contributed by atoms with Crippen LogP contribution < -0.4 is 15.6 Å². The number of amides is 1. The molecule has 0 radical (unpaired) electrons. The number of benzene rings is 2. The minimum Gasteiger partial charge on any atom is -0.492 e. The summed E-state index contributed by atoms with van der Waals surface area (Å²) in [6, 6.07) is 14.6. The smallest absolute Gasteiger partial charge is 0.262 e. The summed E-state index contributed by atoms with van der Waals surface area (Å²) >= 11 is 7.16. The monoisotopic (exact) mass is 457 g/mol. The van der Waals surface area contributed by atoms with Crippen LogP contribution in [0, 0.1) is 0 Å². The fraction of sp³-hybridized carbons (Fsp3) is 0.348. The summed E-state index contributed by atoms with van der Waals surface area (Å²) in [4.78, 5) is 30.2. The van der Waals surface area contributed by atoms with Crippen molar-refractivity contribution < 1.29 is 9.53 Å². The van der Waals surface area contributed by atoms with Gasteiger partial charge in [-0.1, -0.05) is 48.3 Å². The Morgan fingerprint density at radius 3 is 2.68 bits per heavy atom. The molecular formula is C23H24ClN3O3S. The van der Waals surface area contributed by atoms with Crippen LogP contribution in [0.4, 0.5) is 0 Å². The third-order valence-electron chi connectivity index (χ3n) is 5.30. The lowest BCUT2D eigenvalue weighted by Crippen LogP contribution is -2.30. The summed E-state index contributed by atoms with van der Waals surface area (Å²) < 4.78 is 7.39. The summed E-state index contributed by atoms with van der Waals surface area (Å²) in [7, 11) is 0. The van der Waals surface area contributed by atoms with Crippen LogP contribution in [0.3, 0.4) is 0 Å². The average molecular weight is 458 g/mol. The van der Waals surface area contributed by atoms with Crippen LogP contribution in [0.5, 0.6) is 5.75 Å². The molecule has 1 aromatic heterocycles. The van der Waals surface area contributed by atoms with Crippen LogP contribution in [0.15, 0.2) is 58.5 Å². The van der Waals surface area contributed by atoms with Crippen LogP contribution in [0.25, 0.3) is 10.9 Å². The van der Waals surface area contributed by atoms with Crippen molar-refractivity contribution in [2.24, 2.45) is 0 Å². The highest BCUT2D eigenvalue weighted by molar-refractivity contribution is 7.99. The topological polar surface area (TPSA) is 73.2 Å². The minimum atomic E-state index is -0.120. The van der Waals surface area contributed by atoms with E-state index in [4.69, 9.17) is 21.3 Å². The number of carbonyl (C=O) groups is 1. The third-order valence-corrected chi connectivity index (χ3v) is 6.51. The van der Waals surface area contributed by atoms with E-state index in [0.717, 1.165) is 25.7 Å². The number of para-hydroxylation sites is 1. The fourth-order valence-electron chi connectivity index (χ4n) is 3.78. The largest absolute Gasteiger partial charge is 0.492 e. The van der Waals surface area contributed by atoms with Crippen LogP contribution in [-0.2, 0) is 4.79 Å². The van der Waals surface area contributed by atoms with E-state index in [2.05, 4.69) is 5.32 Å². The molecule has 1 saturated carbocycles. The molecule has 6 nitrogen and oxygen atoms in total. The second-order valence-corrected chi connectivity index (χ2v) is 8.84. The van der Waals surface area contributed by atoms with E-state index in [0.29, 0.717) is 40.0 Å². The second kappa shape index (κ2) is 10.2. The zero-order valence-electron chi connectivity index (χ0n) is 17.1. The molecule has 162 valence electrons.